The number of nitrogens with zero attached hydrogens (tertiary/aromatic N) is 3. The Morgan fingerprint density at radius 2 is 1.44 bits per heavy atom. The summed E-state index contributed by atoms with van der Waals surface area (Å²) in [6.07, 6.45) is 20.4. The van der Waals surface area contributed by atoms with Crippen molar-refractivity contribution in [1.29, 1.82) is 0 Å². The van der Waals surface area contributed by atoms with Crippen molar-refractivity contribution in [2.75, 3.05) is 48.6 Å². The van der Waals surface area contributed by atoms with Gasteiger partial charge in [-0.3, -0.25) is 9.69 Å². The molecule has 1 aliphatic rings. The predicted octanol–water partition coefficient (Wildman–Crippen LogP) is 6.85. The number of hydrogen-bond acceptors (Lipinski definition) is 4. The lowest BCUT2D eigenvalue weighted by molar-refractivity contribution is 0.0952. The first-order valence-electron chi connectivity index (χ1n) is 14.0. The highest BCUT2D eigenvalue weighted by atomic mass is 127. The summed E-state index contributed by atoms with van der Waals surface area (Å²) in [5.74, 6) is 0.991. The molecular formula is C28H49IN4O. The van der Waals surface area contributed by atoms with E-state index in [1.165, 1.54) is 94.4 Å². The topological polar surface area (TPSA) is 48.5 Å². The van der Waals surface area contributed by atoms with Gasteiger partial charge in [0.25, 0.3) is 5.91 Å². The van der Waals surface area contributed by atoms with Crippen molar-refractivity contribution >= 4 is 34.3 Å². The van der Waals surface area contributed by atoms with Gasteiger partial charge in [0.15, 0.2) is 0 Å². The number of carbonyl (C=O) groups is 1. The molecule has 0 aromatic carbocycles. The molecular weight excluding hydrogens is 535 g/mol. The van der Waals surface area contributed by atoms with Crippen LogP contribution in [0.3, 0.4) is 0 Å². The smallest absolute Gasteiger partial charge is 0.252 e. The summed E-state index contributed by atoms with van der Waals surface area (Å²) in [5.41, 5.74) is 0.666. The quantitative estimate of drug-likeness (QED) is 0.110. The number of nitrogens with one attached hydrogen (secondary N) is 1. The van der Waals surface area contributed by atoms with Crippen LogP contribution in [0.25, 0.3) is 0 Å². The molecule has 1 amide bonds. The van der Waals surface area contributed by atoms with E-state index in [9.17, 15) is 4.79 Å². The Morgan fingerprint density at radius 3 is 1.97 bits per heavy atom. The van der Waals surface area contributed by atoms with Gasteiger partial charge < -0.3 is 10.2 Å². The summed E-state index contributed by atoms with van der Waals surface area (Å²) < 4.78 is 1.31. The lowest BCUT2D eigenvalue weighted by Crippen LogP contribution is -2.46. The first-order chi connectivity index (χ1) is 16.7. The van der Waals surface area contributed by atoms with Gasteiger partial charge in [-0.15, -0.1) is 0 Å². The lowest BCUT2D eigenvalue weighted by Gasteiger charge is -2.35. The van der Waals surface area contributed by atoms with Crippen molar-refractivity contribution in [2.24, 2.45) is 0 Å². The van der Waals surface area contributed by atoms with Gasteiger partial charge in [0, 0.05) is 38.9 Å². The number of anilines is 1. The van der Waals surface area contributed by atoms with Crippen molar-refractivity contribution in [3.8, 4) is 0 Å². The number of pyridine rings is 1. The van der Waals surface area contributed by atoms with Crippen molar-refractivity contribution in [3.05, 3.63) is 23.9 Å². The third kappa shape index (κ3) is 12.7. The van der Waals surface area contributed by atoms with E-state index >= 15 is 0 Å². The Balaban J connectivity index is 1.47. The van der Waals surface area contributed by atoms with Gasteiger partial charge in [-0.2, -0.15) is 0 Å². The number of amides is 1. The average Bonchev–Trinajstić information content (AvgIpc) is 2.88. The highest BCUT2D eigenvalue weighted by Crippen LogP contribution is 2.15. The summed E-state index contributed by atoms with van der Waals surface area (Å²) in [6, 6.07) is 3.92. The Hall–Kier alpha value is -0.890. The molecule has 0 spiro atoms. The van der Waals surface area contributed by atoms with Crippen LogP contribution in [0.1, 0.15) is 107 Å². The number of hydrogen-bond donors (Lipinski definition) is 1. The van der Waals surface area contributed by atoms with Crippen LogP contribution in [-0.4, -0.2) is 59.5 Å². The maximum Gasteiger partial charge on any atom is 0.252 e. The molecule has 1 fully saturated rings. The van der Waals surface area contributed by atoms with E-state index in [1.54, 1.807) is 6.20 Å². The molecule has 1 saturated heterocycles. The van der Waals surface area contributed by atoms with Crippen LogP contribution in [0.2, 0.25) is 0 Å². The van der Waals surface area contributed by atoms with Crippen LogP contribution in [0.15, 0.2) is 18.3 Å². The fourth-order valence-electron chi connectivity index (χ4n) is 4.58. The molecule has 2 heterocycles. The van der Waals surface area contributed by atoms with Crippen LogP contribution in [0.4, 0.5) is 5.82 Å². The average molecular weight is 585 g/mol. The Labute approximate surface area is 223 Å². The molecule has 1 aromatic rings. The van der Waals surface area contributed by atoms with Crippen molar-refractivity contribution in [2.45, 2.75) is 96.8 Å². The summed E-state index contributed by atoms with van der Waals surface area (Å²) in [6.45, 7) is 8.44. The molecule has 0 saturated carbocycles. The van der Waals surface area contributed by atoms with Gasteiger partial charge in [0.2, 0.25) is 0 Å². The largest absolute Gasteiger partial charge is 0.354 e. The van der Waals surface area contributed by atoms with Crippen LogP contribution in [-0.2, 0) is 0 Å². The maximum absolute atomic E-state index is 12.4. The Morgan fingerprint density at radius 1 is 0.853 bits per heavy atom. The summed E-state index contributed by atoms with van der Waals surface area (Å²) in [5, 5.41) is 3.06. The van der Waals surface area contributed by atoms with Crippen LogP contribution in [0, 0.1) is 0 Å². The van der Waals surface area contributed by atoms with Gasteiger partial charge in [0.1, 0.15) is 5.82 Å². The summed E-state index contributed by atoms with van der Waals surface area (Å²) >= 11 is 2.47. The molecule has 6 heteroatoms. The number of alkyl halides is 1. The predicted molar refractivity (Wildman–Crippen MR) is 154 cm³/mol. The van der Waals surface area contributed by atoms with E-state index in [1.807, 2.05) is 12.1 Å². The molecule has 34 heavy (non-hydrogen) atoms. The third-order valence-corrected chi connectivity index (χ3v) is 7.64. The number of carbonyl (C=O) groups excluding carboxylic acids is 1. The Bertz CT molecular complexity index is 632. The molecule has 0 unspecified atom stereocenters. The minimum absolute atomic E-state index is 0.00178. The third-order valence-electron chi connectivity index (χ3n) is 6.88. The highest BCUT2D eigenvalue weighted by molar-refractivity contribution is 14.1. The minimum Gasteiger partial charge on any atom is -0.354 e. The first-order valence-corrected chi connectivity index (χ1v) is 15.5. The normalized spacial score (nSPS) is 14.5. The standard InChI is InChI=1S/C28H49IN4O/c1-2-3-20-32-21-23-33(24-22-32)27-17-16-26(25-31-27)28(34)30-19-15-13-11-9-7-5-4-6-8-10-12-14-18-29/h16-17,25H,2-15,18-24H2,1H3,(H,30,34). The van der Waals surface area contributed by atoms with E-state index in [0.717, 1.165) is 45.0 Å². The Kier molecular flexibility index (Phi) is 16.7. The minimum atomic E-state index is 0.00178. The van der Waals surface area contributed by atoms with E-state index in [-0.39, 0.29) is 5.91 Å². The second-order valence-corrected chi connectivity index (χ2v) is 10.9. The molecule has 0 aliphatic carbocycles. The number of rotatable bonds is 19. The summed E-state index contributed by atoms with van der Waals surface area (Å²) in [4.78, 5) is 21.9. The van der Waals surface area contributed by atoms with Crippen molar-refractivity contribution in [1.82, 2.24) is 15.2 Å². The van der Waals surface area contributed by atoms with Gasteiger partial charge in [-0.1, -0.05) is 100 Å². The van der Waals surface area contributed by atoms with Crippen molar-refractivity contribution < 1.29 is 4.79 Å². The second kappa shape index (κ2) is 19.3. The van der Waals surface area contributed by atoms with E-state index in [2.05, 4.69) is 49.6 Å². The number of aromatic nitrogens is 1. The molecule has 1 N–H and O–H groups in total. The fourth-order valence-corrected chi connectivity index (χ4v) is 5.12. The SMILES string of the molecule is CCCCN1CCN(c2ccc(C(=O)NCCCCCCCCCCCCCCI)cn2)CC1. The molecule has 0 bridgehead atoms. The van der Waals surface area contributed by atoms with Gasteiger partial charge in [0.05, 0.1) is 5.56 Å². The monoisotopic (exact) mass is 584 g/mol. The van der Waals surface area contributed by atoms with Crippen LogP contribution >= 0.6 is 22.6 Å². The molecule has 0 atom stereocenters. The molecule has 5 nitrogen and oxygen atoms in total. The molecule has 2 rings (SSSR count). The molecule has 194 valence electrons. The second-order valence-electron chi connectivity index (χ2n) is 9.77. The number of piperazine rings is 1. The van der Waals surface area contributed by atoms with Crippen LogP contribution in [0.5, 0.6) is 0 Å². The zero-order valence-corrected chi connectivity index (χ0v) is 23.9. The molecule has 0 radical (unpaired) electrons. The van der Waals surface area contributed by atoms with Gasteiger partial charge in [-0.25, -0.2) is 4.98 Å². The van der Waals surface area contributed by atoms with Crippen LogP contribution < -0.4 is 10.2 Å². The van der Waals surface area contributed by atoms with E-state index < -0.39 is 0 Å². The highest BCUT2D eigenvalue weighted by Gasteiger charge is 2.17. The van der Waals surface area contributed by atoms with E-state index in [4.69, 9.17) is 0 Å². The van der Waals surface area contributed by atoms with Gasteiger partial charge >= 0.3 is 0 Å². The maximum atomic E-state index is 12.4. The number of unbranched alkanes of at least 4 members (excludes halogenated alkanes) is 12. The van der Waals surface area contributed by atoms with Gasteiger partial charge in [-0.05, 0) is 42.4 Å². The summed E-state index contributed by atoms with van der Waals surface area (Å²) in [7, 11) is 0. The van der Waals surface area contributed by atoms with E-state index in [0.29, 0.717) is 5.56 Å². The first kappa shape index (κ1) is 29.3. The van der Waals surface area contributed by atoms with Crippen molar-refractivity contribution in [3.63, 3.8) is 0 Å². The zero-order valence-electron chi connectivity index (χ0n) is 21.7. The fraction of sp³-hybridized carbons (Fsp3) is 0.786. The number of halogens is 1. The molecule has 1 aliphatic heterocycles. The molecule has 1 aromatic heterocycles. The zero-order chi connectivity index (χ0) is 24.3. The lowest BCUT2D eigenvalue weighted by atomic mass is 10.1.